The molecular weight excluding hydrogens is 530 g/mol. The zero-order valence-corrected chi connectivity index (χ0v) is 24.7. The third kappa shape index (κ3) is 4.89. The monoisotopic (exact) mass is 575 g/mol. The average molecular weight is 576 g/mol. The highest BCUT2D eigenvalue weighted by atomic mass is 16.7. The number of likely N-dealkylation sites (N-methyl/N-ethyl adjacent to an activating group) is 1. The van der Waals surface area contributed by atoms with Crippen LogP contribution in [0.15, 0.2) is 27.6 Å². The van der Waals surface area contributed by atoms with E-state index in [2.05, 4.69) is 6.92 Å². The van der Waals surface area contributed by atoms with Crippen molar-refractivity contribution in [3.63, 3.8) is 0 Å². The van der Waals surface area contributed by atoms with Gasteiger partial charge in [-0.25, -0.2) is 4.79 Å². The molecule has 228 valence electrons. The first-order valence-corrected chi connectivity index (χ1v) is 14.9. The van der Waals surface area contributed by atoms with Gasteiger partial charge < -0.3 is 33.6 Å². The number of methoxy groups -OCH3 is 2. The standard InChI is InChI=1S/C31H45NO9/c1-28-11-8-23-24(31(28,37)14-10-22(28)20-5-6-25(34)40-18-20)9-13-30(36)15-21(7-12-29(23,30)19-33)41-26(35)16-32(2)17-27(38-3)39-4/h5-6,18-19,21-24,27,36-37H,7-17H2,1-4H3. The van der Waals surface area contributed by atoms with Crippen LogP contribution in [0, 0.1) is 22.7 Å². The molecule has 0 aliphatic heterocycles. The Bertz CT molecular complexity index is 1160. The molecule has 2 N–H and O–H groups in total. The number of aliphatic hydroxyl groups is 2. The van der Waals surface area contributed by atoms with Crippen LogP contribution in [0.2, 0.25) is 0 Å². The molecule has 1 heterocycles. The van der Waals surface area contributed by atoms with Crippen LogP contribution in [0.4, 0.5) is 0 Å². The van der Waals surface area contributed by atoms with Gasteiger partial charge in [-0.2, -0.15) is 0 Å². The summed E-state index contributed by atoms with van der Waals surface area (Å²) < 4.78 is 21.4. The molecular formula is C31H45NO9. The number of carbonyl (C=O) groups is 2. The van der Waals surface area contributed by atoms with Crippen molar-refractivity contribution < 1.29 is 38.4 Å². The third-order valence-electron chi connectivity index (χ3n) is 11.5. The van der Waals surface area contributed by atoms with Gasteiger partial charge in [0.2, 0.25) is 0 Å². The predicted molar refractivity (Wildman–Crippen MR) is 148 cm³/mol. The Morgan fingerprint density at radius 3 is 2.49 bits per heavy atom. The van der Waals surface area contributed by atoms with Gasteiger partial charge in [0.1, 0.15) is 12.4 Å². The maximum atomic E-state index is 13.0. The van der Waals surface area contributed by atoms with Gasteiger partial charge in [-0.15, -0.1) is 0 Å². The fourth-order valence-corrected chi connectivity index (χ4v) is 9.34. The second kappa shape index (κ2) is 11.2. The molecule has 8 atom stereocenters. The number of esters is 1. The van der Waals surface area contributed by atoms with Gasteiger partial charge in [0.15, 0.2) is 6.29 Å². The molecule has 1 aromatic rings. The molecule has 0 bridgehead atoms. The van der Waals surface area contributed by atoms with Crippen molar-refractivity contribution in [1.82, 2.24) is 4.90 Å². The molecule has 0 aromatic carbocycles. The number of ether oxygens (including phenoxy) is 3. The van der Waals surface area contributed by atoms with Gasteiger partial charge in [-0.3, -0.25) is 9.69 Å². The normalized spacial score (nSPS) is 40.1. The van der Waals surface area contributed by atoms with Crippen molar-refractivity contribution in [3.8, 4) is 0 Å². The van der Waals surface area contributed by atoms with Crippen LogP contribution in [-0.2, 0) is 23.8 Å². The summed E-state index contributed by atoms with van der Waals surface area (Å²) >= 11 is 0. The maximum absolute atomic E-state index is 13.0. The average Bonchev–Trinajstić information content (AvgIpc) is 3.22. The number of carbonyl (C=O) groups excluding carboxylic acids is 2. The van der Waals surface area contributed by atoms with E-state index in [9.17, 15) is 24.6 Å². The summed E-state index contributed by atoms with van der Waals surface area (Å²) in [7, 11) is 4.86. The van der Waals surface area contributed by atoms with Crippen LogP contribution in [0.25, 0.3) is 0 Å². The molecule has 0 radical (unpaired) electrons. The van der Waals surface area contributed by atoms with Crippen molar-refractivity contribution in [2.75, 3.05) is 34.4 Å². The molecule has 0 saturated heterocycles. The highest BCUT2D eigenvalue weighted by Crippen LogP contribution is 2.71. The molecule has 0 spiro atoms. The van der Waals surface area contributed by atoms with Crippen LogP contribution < -0.4 is 5.63 Å². The second-order valence-corrected chi connectivity index (χ2v) is 13.3. The summed E-state index contributed by atoms with van der Waals surface area (Å²) in [6.07, 6.45) is 6.41. The first kappa shape index (κ1) is 30.4. The number of hydrogen-bond acceptors (Lipinski definition) is 10. The molecule has 41 heavy (non-hydrogen) atoms. The van der Waals surface area contributed by atoms with Gasteiger partial charge in [0.05, 0.1) is 29.4 Å². The Morgan fingerprint density at radius 2 is 1.83 bits per heavy atom. The smallest absolute Gasteiger partial charge is 0.335 e. The summed E-state index contributed by atoms with van der Waals surface area (Å²) in [5, 5.41) is 24.5. The van der Waals surface area contributed by atoms with Crippen LogP contribution >= 0.6 is 0 Å². The summed E-state index contributed by atoms with van der Waals surface area (Å²) in [5.74, 6) is -0.639. The van der Waals surface area contributed by atoms with E-state index in [0.717, 1.165) is 18.3 Å². The molecule has 8 unspecified atom stereocenters. The van der Waals surface area contributed by atoms with E-state index in [1.54, 1.807) is 18.0 Å². The molecule has 10 nitrogen and oxygen atoms in total. The Balaban J connectivity index is 1.30. The number of rotatable bonds is 9. The lowest BCUT2D eigenvalue weighted by Crippen LogP contribution is -2.68. The summed E-state index contributed by atoms with van der Waals surface area (Å²) in [6.45, 7) is 2.59. The zero-order valence-electron chi connectivity index (χ0n) is 24.7. The molecule has 4 fully saturated rings. The molecule has 5 rings (SSSR count). The van der Waals surface area contributed by atoms with Gasteiger partial charge in [-0.05, 0) is 87.8 Å². The van der Waals surface area contributed by atoms with Crippen LogP contribution in [0.5, 0.6) is 0 Å². The Labute approximate surface area is 241 Å². The fraction of sp³-hybridized carbons (Fsp3) is 0.774. The van der Waals surface area contributed by atoms with Crippen LogP contribution in [0.3, 0.4) is 0 Å². The molecule has 4 aliphatic rings. The third-order valence-corrected chi connectivity index (χ3v) is 11.5. The first-order chi connectivity index (χ1) is 19.4. The van der Waals surface area contributed by atoms with Crippen molar-refractivity contribution in [2.24, 2.45) is 22.7 Å². The lowest BCUT2D eigenvalue weighted by Gasteiger charge is -2.65. The number of nitrogens with zero attached hydrogens (tertiary/aromatic N) is 1. The SMILES string of the molecule is COC(CN(C)CC(=O)OC1CCC2(C=O)C3CCC4(C)C(c5ccc(=O)oc5)CCC4(O)C3CCC2(O)C1)OC. The quantitative estimate of drug-likeness (QED) is 0.257. The van der Waals surface area contributed by atoms with E-state index in [4.69, 9.17) is 18.6 Å². The Kier molecular flexibility index (Phi) is 8.28. The molecule has 1 aromatic heterocycles. The van der Waals surface area contributed by atoms with E-state index >= 15 is 0 Å². The van der Waals surface area contributed by atoms with Crippen molar-refractivity contribution in [1.29, 1.82) is 0 Å². The summed E-state index contributed by atoms with van der Waals surface area (Å²) in [6, 6.07) is 3.24. The van der Waals surface area contributed by atoms with Crippen molar-refractivity contribution in [2.45, 2.75) is 94.2 Å². The molecule has 4 saturated carbocycles. The molecule has 4 aliphatic carbocycles. The highest BCUT2D eigenvalue weighted by molar-refractivity contribution is 5.72. The zero-order chi connectivity index (χ0) is 29.6. The van der Waals surface area contributed by atoms with Crippen LogP contribution in [-0.4, -0.2) is 85.3 Å². The molecule has 0 amide bonds. The minimum atomic E-state index is -1.30. The largest absolute Gasteiger partial charge is 0.461 e. The predicted octanol–water partition coefficient (Wildman–Crippen LogP) is 2.64. The summed E-state index contributed by atoms with van der Waals surface area (Å²) in [5.41, 5.74) is -3.19. The van der Waals surface area contributed by atoms with Gasteiger partial charge in [-0.1, -0.05) is 6.92 Å². The van der Waals surface area contributed by atoms with Crippen LogP contribution in [0.1, 0.15) is 76.2 Å². The number of aldehydes is 1. The number of hydrogen-bond donors (Lipinski definition) is 2. The highest BCUT2D eigenvalue weighted by Gasteiger charge is 2.71. The summed E-state index contributed by atoms with van der Waals surface area (Å²) in [4.78, 5) is 39.0. The maximum Gasteiger partial charge on any atom is 0.335 e. The second-order valence-electron chi connectivity index (χ2n) is 13.3. The van der Waals surface area contributed by atoms with E-state index in [1.165, 1.54) is 26.5 Å². The Hall–Kier alpha value is -2.11. The van der Waals surface area contributed by atoms with Gasteiger partial charge >= 0.3 is 11.6 Å². The fourth-order valence-electron chi connectivity index (χ4n) is 9.34. The molecule has 10 heteroatoms. The van der Waals surface area contributed by atoms with Gasteiger partial charge in [0, 0.05) is 38.7 Å². The lowest BCUT2D eigenvalue weighted by atomic mass is 9.41. The van der Waals surface area contributed by atoms with Gasteiger partial charge in [0.25, 0.3) is 0 Å². The van der Waals surface area contributed by atoms with E-state index in [-0.39, 0.29) is 30.7 Å². The minimum Gasteiger partial charge on any atom is -0.461 e. The number of fused-ring (bicyclic) bond motifs is 5. The first-order valence-electron chi connectivity index (χ1n) is 14.9. The minimum absolute atomic E-state index is 0.0436. The Morgan fingerprint density at radius 1 is 1.10 bits per heavy atom. The topological polar surface area (TPSA) is 136 Å². The van der Waals surface area contributed by atoms with E-state index < -0.39 is 46.0 Å². The van der Waals surface area contributed by atoms with Crippen molar-refractivity contribution in [3.05, 3.63) is 34.4 Å². The lowest BCUT2D eigenvalue weighted by molar-refractivity contribution is -0.248. The van der Waals surface area contributed by atoms with Crippen molar-refractivity contribution >= 4 is 12.3 Å². The van der Waals surface area contributed by atoms with E-state index in [1.807, 2.05) is 0 Å². The van der Waals surface area contributed by atoms with E-state index in [0.29, 0.717) is 51.5 Å².